The number of aromatic nitrogens is 1. The van der Waals surface area contributed by atoms with Crippen LogP contribution in [0.3, 0.4) is 0 Å². The van der Waals surface area contributed by atoms with Crippen LogP contribution < -0.4 is 15.8 Å². The molecule has 1 aromatic carbocycles. The topological polar surface area (TPSA) is 77.2 Å². The Kier molecular flexibility index (Phi) is 4.46. The summed E-state index contributed by atoms with van der Waals surface area (Å²) >= 11 is 9.03. The molecular weight excluding hydrogens is 346 g/mol. The predicted octanol–water partition coefficient (Wildman–Crippen LogP) is 3.34. The lowest BCUT2D eigenvalue weighted by atomic mass is 10.1. The van der Waals surface area contributed by atoms with Crippen LogP contribution in [0.25, 0.3) is 0 Å². The molecule has 3 N–H and O–H groups in total. The maximum Gasteiger partial charge on any atom is 0.255 e. The second-order valence-corrected chi connectivity index (χ2v) is 5.12. The highest BCUT2D eigenvalue weighted by atomic mass is 79.9. The molecule has 0 spiro atoms. The molecule has 0 bridgehead atoms. The Morgan fingerprint density at radius 2 is 2.20 bits per heavy atom. The van der Waals surface area contributed by atoms with Crippen LogP contribution in [0.1, 0.15) is 10.4 Å². The first-order valence-electron chi connectivity index (χ1n) is 5.57. The number of ether oxygens (including phenoxy) is 1. The molecule has 1 amide bonds. The molecule has 0 aliphatic carbocycles. The number of nitrogens with two attached hydrogens (primary N) is 1. The van der Waals surface area contributed by atoms with E-state index in [1.165, 1.54) is 13.3 Å². The Hall–Kier alpha value is -1.79. The summed E-state index contributed by atoms with van der Waals surface area (Å²) in [6, 6.07) is 6.48. The van der Waals surface area contributed by atoms with E-state index in [1.807, 2.05) is 0 Å². The van der Waals surface area contributed by atoms with Crippen molar-refractivity contribution in [2.75, 3.05) is 18.2 Å². The molecule has 20 heavy (non-hydrogen) atoms. The lowest BCUT2D eigenvalue weighted by molar-refractivity contribution is 0.102. The smallest absolute Gasteiger partial charge is 0.255 e. The summed E-state index contributed by atoms with van der Waals surface area (Å²) in [4.78, 5) is 16.0. The van der Waals surface area contributed by atoms with Crippen molar-refractivity contribution >= 4 is 44.8 Å². The largest absolute Gasteiger partial charge is 0.495 e. The van der Waals surface area contributed by atoms with Crippen molar-refractivity contribution in [1.82, 2.24) is 4.98 Å². The molecule has 104 valence electrons. The standard InChI is InChI=1S/C13H11BrClN3O2/c1-20-11-3-2-7(4-10(11)16)13(19)18-8-5-9(14)12(15)17-6-8/h2-6H,16H2,1H3,(H,18,19). The van der Waals surface area contributed by atoms with Gasteiger partial charge in [0, 0.05) is 5.56 Å². The number of pyridine rings is 1. The Balaban J connectivity index is 2.19. The first kappa shape index (κ1) is 14.6. The van der Waals surface area contributed by atoms with Crippen LogP contribution in [0.4, 0.5) is 11.4 Å². The fourth-order valence-electron chi connectivity index (χ4n) is 1.57. The quantitative estimate of drug-likeness (QED) is 0.653. The Morgan fingerprint density at radius 3 is 2.80 bits per heavy atom. The number of anilines is 2. The maximum atomic E-state index is 12.1. The molecule has 0 radical (unpaired) electrons. The molecule has 0 saturated heterocycles. The molecule has 0 fully saturated rings. The summed E-state index contributed by atoms with van der Waals surface area (Å²) in [7, 11) is 1.52. The number of methoxy groups -OCH3 is 1. The van der Waals surface area contributed by atoms with Gasteiger partial charge >= 0.3 is 0 Å². The fourth-order valence-corrected chi connectivity index (χ4v) is 2.02. The zero-order chi connectivity index (χ0) is 14.7. The van der Waals surface area contributed by atoms with Gasteiger partial charge in [0.05, 0.1) is 29.2 Å². The van der Waals surface area contributed by atoms with Crippen LogP contribution in [-0.2, 0) is 0 Å². The van der Waals surface area contributed by atoms with E-state index < -0.39 is 0 Å². The van der Waals surface area contributed by atoms with Crippen LogP contribution >= 0.6 is 27.5 Å². The number of rotatable bonds is 3. The van der Waals surface area contributed by atoms with E-state index in [0.717, 1.165) is 0 Å². The lowest BCUT2D eigenvalue weighted by Crippen LogP contribution is -2.12. The van der Waals surface area contributed by atoms with E-state index in [9.17, 15) is 4.79 Å². The van der Waals surface area contributed by atoms with Gasteiger partial charge in [-0.1, -0.05) is 11.6 Å². The number of halogens is 2. The van der Waals surface area contributed by atoms with Gasteiger partial charge in [-0.2, -0.15) is 0 Å². The zero-order valence-electron chi connectivity index (χ0n) is 10.5. The second-order valence-electron chi connectivity index (χ2n) is 3.91. The minimum atomic E-state index is -0.296. The first-order chi connectivity index (χ1) is 9.51. The minimum absolute atomic E-state index is 0.296. The summed E-state index contributed by atoms with van der Waals surface area (Å²) in [6.45, 7) is 0. The normalized spacial score (nSPS) is 10.2. The summed E-state index contributed by atoms with van der Waals surface area (Å²) in [5.74, 6) is 0.229. The molecule has 0 unspecified atom stereocenters. The van der Waals surface area contributed by atoms with E-state index in [4.69, 9.17) is 22.1 Å². The van der Waals surface area contributed by atoms with Crippen LogP contribution in [0.5, 0.6) is 5.75 Å². The van der Waals surface area contributed by atoms with Gasteiger partial charge in [0.2, 0.25) is 0 Å². The third-order valence-electron chi connectivity index (χ3n) is 2.55. The first-order valence-corrected chi connectivity index (χ1v) is 6.74. The van der Waals surface area contributed by atoms with Crippen molar-refractivity contribution in [3.8, 4) is 5.75 Å². The zero-order valence-corrected chi connectivity index (χ0v) is 12.8. The third kappa shape index (κ3) is 3.20. The Bertz CT molecular complexity index is 664. The average Bonchev–Trinajstić information content (AvgIpc) is 2.42. The summed E-state index contributed by atoms with van der Waals surface area (Å²) in [6.07, 6.45) is 1.47. The fraction of sp³-hybridized carbons (Fsp3) is 0.0769. The van der Waals surface area contributed by atoms with Gasteiger partial charge in [0.1, 0.15) is 10.9 Å². The van der Waals surface area contributed by atoms with Crippen molar-refractivity contribution in [1.29, 1.82) is 0 Å². The van der Waals surface area contributed by atoms with Crippen LogP contribution in [0, 0.1) is 0 Å². The average molecular weight is 357 g/mol. The molecule has 7 heteroatoms. The van der Waals surface area contributed by atoms with Crippen molar-refractivity contribution < 1.29 is 9.53 Å². The SMILES string of the molecule is COc1ccc(C(=O)Nc2cnc(Cl)c(Br)c2)cc1N. The highest BCUT2D eigenvalue weighted by Crippen LogP contribution is 2.25. The Labute approximate surface area is 129 Å². The van der Waals surface area contributed by atoms with Gasteiger partial charge in [0.15, 0.2) is 0 Å². The number of carbonyl (C=O) groups excluding carboxylic acids is 1. The molecule has 2 rings (SSSR count). The van der Waals surface area contributed by atoms with Gasteiger partial charge in [-0.15, -0.1) is 0 Å². The number of hydrogen-bond acceptors (Lipinski definition) is 4. The van der Waals surface area contributed by atoms with Crippen molar-refractivity contribution in [3.05, 3.63) is 45.7 Å². The van der Waals surface area contributed by atoms with E-state index in [0.29, 0.717) is 32.3 Å². The third-order valence-corrected chi connectivity index (χ3v) is 3.68. The van der Waals surface area contributed by atoms with E-state index in [-0.39, 0.29) is 5.91 Å². The molecular formula is C13H11BrClN3O2. The predicted molar refractivity (Wildman–Crippen MR) is 82.3 cm³/mol. The second kappa shape index (κ2) is 6.11. The number of nitrogens with zero attached hydrogens (tertiary/aromatic N) is 1. The molecule has 5 nitrogen and oxygen atoms in total. The molecule has 0 aliphatic rings. The van der Waals surface area contributed by atoms with Crippen LogP contribution in [-0.4, -0.2) is 18.0 Å². The number of hydrogen-bond donors (Lipinski definition) is 2. The summed E-state index contributed by atoms with van der Waals surface area (Å²) in [5, 5.41) is 3.03. The monoisotopic (exact) mass is 355 g/mol. The molecule has 0 atom stereocenters. The highest BCUT2D eigenvalue weighted by Gasteiger charge is 2.10. The molecule has 1 heterocycles. The van der Waals surface area contributed by atoms with Gasteiger partial charge < -0.3 is 15.8 Å². The molecule has 0 saturated carbocycles. The highest BCUT2D eigenvalue weighted by molar-refractivity contribution is 9.10. The summed E-state index contributed by atoms with van der Waals surface area (Å²) in [5.41, 5.74) is 7.12. The van der Waals surface area contributed by atoms with Gasteiger partial charge in [-0.3, -0.25) is 4.79 Å². The van der Waals surface area contributed by atoms with Gasteiger partial charge in [0.25, 0.3) is 5.91 Å². The van der Waals surface area contributed by atoms with Crippen molar-refractivity contribution in [2.24, 2.45) is 0 Å². The van der Waals surface area contributed by atoms with E-state index in [2.05, 4.69) is 26.2 Å². The van der Waals surface area contributed by atoms with Gasteiger partial charge in [-0.05, 0) is 40.2 Å². The van der Waals surface area contributed by atoms with Crippen molar-refractivity contribution in [3.63, 3.8) is 0 Å². The van der Waals surface area contributed by atoms with Crippen LogP contribution in [0.15, 0.2) is 34.9 Å². The molecule has 0 aliphatic heterocycles. The van der Waals surface area contributed by atoms with Gasteiger partial charge in [-0.25, -0.2) is 4.98 Å². The maximum absolute atomic E-state index is 12.1. The minimum Gasteiger partial charge on any atom is -0.495 e. The number of amides is 1. The number of nitrogens with one attached hydrogen (secondary N) is 1. The number of carbonyl (C=O) groups is 1. The number of benzene rings is 1. The lowest BCUT2D eigenvalue weighted by Gasteiger charge is -2.08. The van der Waals surface area contributed by atoms with Crippen molar-refractivity contribution in [2.45, 2.75) is 0 Å². The van der Waals surface area contributed by atoms with Crippen LogP contribution in [0.2, 0.25) is 5.15 Å². The summed E-state index contributed by atoms with van der Waals surface area (Å²) < 4.78 is 5.64. The Morgan fingerprint density at radius 1 is 1.45 bits per heavy atom. The molecule has 2 aromatic rings. The number of nitrogen functional groups attached to an aromatic ring is 1. The molecule has 1 aromatic heterocycles. The van der Waals surface area contributed by atoms with E-state index >= 15 is 0 Å². The van der Waals surface area contributed by atoms with E-state index in [1.54, 1.807) is 24.3 Å².